The predicted molar refractivity (Wildman–Crippen MR) is 79.1 cm³/mol. The van der Waals surface area contributed by atoms with Gasteiger partial charge in [0.1, 0.15) is 11.9 Å². The van der Waals surface area contributed by atoms with Gasteiger partial charge in [-0.3, -0.25) is 9.59 Å². The third-order valence-corrected chi connectivity index (χ3v) is 3.79. The first-order valence-corrected chi connectivity index (χ1v) is 7.24. The SMILES string of the molecule is O=C1CC[C@@H](C(=O)Nc2ccc(N3CCNCC3)cn2)N1. The summed E-state index contributed by atoms with van der Waals surface area (Å²) >= 11 is 0. The number of hydrogen-bond acceptors (Lipinski definition) is 5. The first-order chi connectivity index (χ1) is 10.2. The second kappa shape index (κ2) is 6.09. The van der Waals surface area contributed by atoms with Crippen molar-refractivity contribution in [2.75, 3.05) is 36.4 Å². The summed E-state index contributed by atoms with van der Waals surface area (Å²) in [6, 6.07) is 3.32. The molecule has 0 spiro atoms. The van der Waals surface area contributed by atoms with Gasteiger partial charge >= 0.3 is 0 Å². The molecule has 7 heteroatoms. The number of hydrogen-bond donors (Lipinski definition) is 3. The number of pyridine rings is 1. The van der Waals surface area contributed by atoms with E-state index in [2.05, 4.69) is 25.8 Å². The van der Waals surface area contributed by atoms with Crippen LogP contribution in [0.5, 0.6) is 0 Å². The molecule has 1 aromatic heterocycles. The normalized spacial score (nSPS) is 22.0. The third-order valence-electron chi connectivity index (χ3n) is 3.79. The highest BCUT2D eigenvalue weighted by atomic mass is 16.2. The average molecular weight is 289 g/mol. The molecule has 0 aromatic carbocycles. The van der Waals surface area contributed by atoms with Gasteiger partial charge in [-0.25, -0.2) is 4.98 Å². The van der Waals surface area contributed by atoms with Crippen LogP contribution in [0.4, 0.5) is 11.5 Å². The summed E-state index contributed by atoms with van der Waals surface area (Å²) in [6.07, 6.45) is 2.73. The van der Waals surface area contributed by atoms with Gasteiger partial charge in [0.25, 0.3) is 0 Å². The molecule has 2 amide bonds. The van der Waals surface area contributed by atoms with Crippen molar-refractivity contribution in [2.24, 2.45) is 0 Å². The summed E-state index contributed by atoms with van der Waals surface area (Å²) < 4.78 is 0. The zero-order chi connectivity index (χ0) is 14.7. The van der Waals surface area contributed by atoms with Crippen LogP contribution in [-0.2, 0) is 9.59 Å². The third kappa shape index (κ3) is 3.30. The maximum atomic E-state index is 12.0. The Morgan fingerprint density at radius 2 is 2.14 bits per heavy atom. The van der Waals surface area contributed by atoms with E-state index in [0.29, 0.717) is 18.7 Å². The van der Waals surface area contributed by atoms with E-state index in [9.17, 15) is 9.59 Å². The Morgan fingerprint density at radius 1 is 1.33 bits per heavy atom. The van der Waals surface area contributed by atoms with Gasteiger partial charge in [0.05, 0.1) is 11.9 Å². The standard InChI is InChI=1S/C14H19N5O2/c20-13-4-2-11(17-13)14(21)18-12-3-1-10(9-16-12)19-7-5-15-6-8-19/h1,3,9,11,15H,2,4-8H2,(H,17,20)(H,16,18,21)/t11-/m0/s1. The fourth-order valence-electron chi connectivity index (χ4n) is 2.59. The Balaban J connectivity index is 1.59. The van der Waals surface area contributed by atoms with Gasteiger partial charge in [-0.05, 0) is 18.6 Å². The second-order valence-corrected chi connectivity index (χ2v) is 5.29. The molecule has 0 radical (unpaired) electrons. The highest BCUT2D eigenvalue weighted by Crippen LogP contribution is 2.16. The molecule has 7 nitrogen and oxygen atoms in total. The lowest BCUT2D eigenvalue weighted by atomic mass is 10.2. The van der Waals surface area contributed by atoms with Crippen molar-refractivity contribution in [3.05, 3.63) is 18.3 Å². The molecule has 0 saturated carbocycles. The summed E-state index contributed by atoms with van der Waals surface area (Å²) in [5.41, 5.74) is 1.06. The molecule has 2 saturated heterocycles. The number of nitrogens with one attached hydrogen (secondary N) is 3. The van der Waals surface area contributed by atoms with Crippen molar-refractivity contribution < 1.29 is 9.59 Å². The number of carbonyl (C=O) groups excluding carboxylic acids is 2. The van der Waals surface area contributed by atoms with Crippen LogP contribution in [0.3, 0.4) is 0 Å². The molecule has 0 aliphatic carbocycles. The molecule has 0 bridgehead atoms. The van der Waals surface area contributed by atoms with E-state index in [1.54, 1.807) is 12.3 Å². The van der Waals surface area contributed by atoms with Gasteiger partial charge < -0.3 is 20.9 Å². The number of aromatic nitrogens is 1. The van der Waals surface area contributed by atoms with Crippen molar-refractivity contribution >= 4 is 23.3 Å². The van der Waals surface area contributed by atoms with Gasteiger partial charge in [-0.2, -0.15) is 0 Å². The van der Waals surface area contributed by atoms with E-state index in [1.165, 1.54) is 0 Å². The predicted octanol–water partition coefficient (Wildman–Crippen LogP) is -0.292. The maximum Gasteiger partial charge on any atom is 0.248 e. The Kier molecular flexibility index (Phi) is 4.01. The summed E-state index contributed by atoms with van der Waals surface area (Å²) in [5.74, 6) is 0.237. The minimum absolute atomic E-state index is 0.0721. The van der Waals surface area contributed by atoms with E-state index in [0.717, 1.165) is 31.9 Å². The van der Waals surface area contributed by atoms with E-state index >= 15 is 0 Å². The first-order valence-electron chi connectivity index (χ1n) is 7.24. The fourth-order valence-corrected chi connectivity index (χ4v) is 2.59. The van der Waals surface area contributed by atoms with Crippen LogP contribution in [0.2, 0.25) is 0 Å². The Morgan fingerprint density at radius 3 is 2.76 bits per heavy atom. The Labute approximate surface area is 123 Å². The largest absolute Gasteiger partial charge is 0.368 e. The smallest absolute Gasteiger partial charge is 0.248 e. The van der Waals surface area contributed by atoms with Crippen molar-refractivity contribution in [2.45, 2.75) is 18.9 Å². The van der Waals surface area contributed by atoms with E-state index in [-0.39, 0.29) is 11.8 Å². The van der Waals surface area contributed by atoms with Crippen molar-refractivity contribution in [3.63, 3.8) is 0 Å². The lowest BCUT2D eigenvalue weighted by Gasteiger charge is -2.29. The van der Waals surface area contributed by atoms with Crippen LogP contribution < -0.4 is 20.9 Å². The van der Waals surface area contributed by atoms with Gasteiger partial charge in [0.15, 0.2) is 0 Å². The second-order valence-electron chi connectivity index (χ2n) is 5.29. The molecule has 2 fully saturated rings. The lowest BCUT2D eigenvalue weighted by molar-refractivity contribution is -0.122. The number of anilines is 2. The van der Waals surface area contributed by atoms with E-state index < -0.39 is 6.04 Å². The number of amides is 2. The van der Waals surface area contributed by atoms with E-state index in [4.69, 9.17) is 0 Å². The van der Waals surface area contributed by atoms with Gasteiger partial charge in [-0.1, -0.05) is 0 Å². The molecule has 1 atom stereocenters. The molecular weight excluding hydrogens is 270 g/mol. The minimum Gasteiger partial charge on any atom is -0.368 e. The van der Waals surface area contributed by atoms with Crippen LogP contribution in [-0.4, -0.2) is 49.0 Å². The first kappa shape index (κ1) is 13.8. The maximum absolute atomic E-state index is 12.0. The summed E-state index contributed by atoms with van der Waals surface area (Å²) in [4.78, 5) is 29.6. The quantitative estimate of drug-likeness (QED) is 0.712. The summed E-state index contributed by atoms with van der Waals surface area (Å²) in [6.45, 7) is 3.86. The Bertz CT molecular complexity index is 525. The van der Waals surface area contributed by atoms with Crippen molar-refractivity contribution in [1.82, 2.24) is 15.6 Å². The number of carbonyl (C=O) groups is 2. The molecule has 3 N–H and O–H groups in total. The molecule has 3 rings (SSSR count). The summed E-state index contributed by atoms with van der Waals surface area (Å²) in [7, 11) is 0. The van der Waals surface area contributed by atoms with Crippen molar-refractivity contribution in [3.8, 4) is 0 Å². The average Bonchev–Trinajstić information content (AvgIpc) is 2.96. The topological polar surface area (TPSA) is 86.4 Å². The molecular formula is C14H19N5O2. The van der Waals surface area contributed by atoms with Crippen LogP contribution in [0, 0.1) is 0 Å². The highest BCUT2D eigenvalue weighted by molar-refractivity contribution is 5.98. The molecule has 2 aliphatic heterocycles. The molecule has 1 aromatic rings. The number of nitrogens with zero attached hydrogens (tertiary/aromatic N) is 2. The monoisotopic (exact) mass is 289 g/mol. The van der Waals surface area contributed by atoms with Crippen LogP contribution >= 0.6 is 0 Å². The molecule has 21 heavy (non-hydrogen) atoms. The molecule has 2 aliphatic rings. The fraction of sp³-hybridized carbons (Fsp3) is 0.500. The van der Waals surface area contributed by atoms with Gasteiger partial charge in [0.2, 0.25) is 11.8 Å². The van der Waals surface area contributed by atoms with Gasteiger partial charge in [0, 0.05) is 32.6 Å². The Hall–Kier alpha value is -2.15. The lowest BCUT2D eigenvalue weighted by Crippen LogP contribution is -2.43. The van der Waals surface area contributed by atoms with Crippen LogP contribution in [0.25, 0.3) is 0 Å². The number of rotatable bonds is 3. The van der Waals surface area contributed by atoms with E-state index in [1.807, 2.05) is 6.07 Å². The molecule has 3 heterocycles. The zero-order valence-electron chi connectivity index (χ0n) is 11.8. The van der Waals surface area contributed by atoms with Crippen LogP contribution in [0.1, 0.15) is 12.8 Å². The molecule has 0 unspecified atom stereocenters. The minimum atomic E-state index is -0.438. The number of piperazine rings is 1. The van der Waals surface area contributed by atoms with Gasteiger partial charge in [-0.15, -0.1) is 0 Å². The molecule has 112 valence electrons. The van der Waals surface area contributed by atoms with Crippen LogP contribution in [0.15, 0.2) is 18.3 Å². The highest BCUT2D eigenvalue weighted by Gasteiger charge is 2.27. The zero-order valence-corrected chi connectivity index (χ0v) is 11.8. The summed E-state index contributed by atoms with van der Waals surface area (Å²) in [5, 5.41) is 8.69. The van der Waals surface area contributed by atoms with Crippen molar-refractivity contribution in [1.29, 1.82) is 0 Å².